The second-order valence-electron chi connectivity index (χ2n) is 7.58. The van der Waals surface area contributed by atoms with Gasteiger partial charge < -0.3 is 20.9 Å². The Morgan fingerprint density at radius 1 is 1.28 bits per heavy atom. The van der Waals surface area contributed by atoms with Crippen LogP contribution < -0.4 is 16.0 Å². The van der Waals surface area contributed by atoms with Gasteiger partial charge in [0, 0.05) is 23.8 Å². The van der Waals surface area contributed by atoms with E-state index < -0.39 is 0 Å². The Kier molecular flexibility index (Phi) is 7.28. The van der Waals surface area contributed by atoms with E-state index in [1.165, 1.54) is 0 Å². The third kappa shape index (κ3) is 5.81. The van der Waals surface area contributed by atoms with Gasteiger partial charge in [-0.2, -0.15) is 0 Å². The number of nitrogens with zero attached hydrogens (tertiary/aromatic N) is 3. The highest BCUT2D eigenvalue weighted by atomic mass is 35.5. The fourth-order valence-corrected chi connectivity index (χ4v) is 3.48. The van der Waals surface area contributed by atoms with Crippen LogP contribution in [0.15, 0.2) is 30.5 Å². The molecule has 7 nitrogen and oxygen atoms in total. The van der Waals surface area contributed by atoms with Gasteiger partial charge in [-0.3, -0.25) is 0 Å². The molecular weight excluding hydrogens is 388 g/mol. The smallest absolute Gasteiger partial charge is 0.318 e. The number of urea groups is 1. The Balaban J connectivity index is 1.69. The van der Waals surface area contributed by atoms with Crippen LogP contribution in [0, 0.1) is 0 Å². The summed E-state index contributed by atoms with van der Waals surface area (Å²) in [6.07, 6.45) is 3.41. The summed E-state index contributed by atoms with van der Waals surface area (Å²) in [7, 11) is 1.91. The number of halogens is 1. The quantitative estimate of drug-likeness (QED) is 0.644. The first kappa shape index (κ1) is 21.3. The lowest BCUT2D eigenvalue weighted by Gasteiger charge is -2.30. The average molecular weight is 417 g/mol. The molecule has 3 N–H and O–H groups in total. The molecular formula is C21H29ClN6O. The van der Waals surface area contributed by atoms with Crippen LogP contribution in [0.5, 0.6) is 0 Å². The molecule has 0 bridgehead atoms. The number of carbonyl (C=O) groups excluding carboxylic acids is 1. The molecule has 0 radical (unpaired) electrons. The van der Waals surface area contributed by atoms with Gasteiger partial charge in [-0.15, -0.1) is 0 Å². The van der Waals surface area contributed by atoms with Crippen molar-refractivity contribution < 1.29 is 4.79 Å². The molecule has 3 rings (SSSR count). The van der Waals surface area contributed by atoms with E-state index in [4.69, 9.17) is 11.6 Å². The van der Waals surface area contributed by atoms with Crippen LogP contribution in [0.25, 0.3) is 0 Å². The molecule has 2 amide bonds. The number of anilines is 1. The zero-order chi connectivity index (χ0) is 20.8. The molecule has 1 atom stereocenters. The number of rotatable bonds is 7. The summed E-state index contributed by atoms with van der Waals surface area (Å²) in [5.74, 6) is 0.606. The molecule has 8 heteroatoms. The van der Waals surface area contributed by atoms with E-state index in [0.29, 0.717) is 24.1 Å². The molecule has 1 aromatic carbocycles. The summed E-state index contributed by atoms with van der Waals surface area (Å²) >= 11 is 6.02. The zero-order valence-electron chi connectivity index (χ0n) is 17.2. The van der Waals surface area contributed by atoms with Gasteiger partial charge in [0.2, 0.25) is 5.95 Å². The minimum Gasteiger partial charge on any atom is -0.352 e. The second-order valence-corrected chi connectivity index (χ2v) is 8.02. The van der Waals surface area contributed by atoms with E-state index in [2.05, 4.69) is 25.9 Å². The van der Waals surface area contributed by atoms with Gasteiger partial charge in [-0.05, 0) is 63.5 Å². The molecule has 156 valence electrons. The van der Waals surface area contributed by atoms with Crippen molar-refractivity contribution in [2.75, 3.05) is 25.5 Å². The Labute approximate surface area is 177 Å². The largest absolute Gasteiger partial charge is 0.352 e. The van der Waals surface area contributed by atoms with Crippen molar-refractivity contribution in [3.05, 3.63) is 52.3 Å². The number of benzene rings is 1. The molecule has 1 aromatic heterocycles. The lowest BCUT2D eigenvalue weighted by molar-refractivity contribution is 0.186. The molecule has 2 heterocycles. The van der Waals surface area contributed by atoms with Crippen molar-refractivity contribution >= 4 is 23.6 Å². The SMILES string of the molecule is CNCC[C@@H](NC(=O)N1CCc2cnc(NC(C)C)nc2C1)c1ccc(Cl)cc1. The van der Waals surface area contributed by atoms with Crippen molar-refractivity contribution in [3.63, 3.8) is 0 Å². The fraction of sp³-hybridized carbons (Fsp3) is 0.476. The molecule has 0 fully saturated rings. The Bertz CT molecular complexity index is 826. The first-order valence-electron chi connectivity index (χ1n) is 10.0. The molecule has 0 saturated carbocycles. The van der Waals surface area contributed by atoms with Crippen LogP contribution in [-0.4, -0.2) is 47.1 Å². The first-order chi connectivity index (χ1) is 14.0. The van der Waals surface area contributed by atoms with Crippen molar-refractivity contribution in [2.24, 2.45) is 0 Å². The van der Waals surface area contributed by atoms with Crippen molar-refractivity contribution in [2.45, 2.75) is 45.3 Å². The minimum atomic E-state index is -0.0859. The van der Waals surface area contributed by atoms with E-state index in [-0.39, 0.29) is 18.1 Å². The predicted octanol–water partition coefficient (Wildman–Crippen LogP) is 3.37. The van der Waals surface area contributed by atoms with Crippen LogP contribution in [-0.2, 0) is 13.0 Å². The molecule has 0 spiro atoms. The maximum Gasteiger partial charge on any atom is 0.318 e. The summed E-state index contributed by atoms with van der Waals surface area (Å²) in [5.41, 5.74) is 3.05. The third-order valence-electron chi connectivity index (χ3n) is 4.90. The molecule has 2 aromatic rings. The summed E-state index contributed by atoms with van der Waals surface area (Å²) in [6.45, 7) is 6.03. The molecule has 0 saturated heterocycles. The average Bonchev–Trinajstić information content (AvgIpc) is 2.70. The molecule has 1 aliphatic heterocycles. The van der Waals surface area contributed by atoms with E-state index in [1.54, 1.807) is 0 Å². The van der Waals surface area contributed by atoms with Gasteiger partial charge in [0.25, 0.3) is 0 Å². The normalized spacial score (nSPS) is 14.4. The van der Waals surface area contributed by atoms with Gasteiger partial charge in [-0.1, -0.05) is 23.7 Å². The van der Waals surface area contributed by atoms with Crippen LogP contribution in [0.2, 0.25) is 5.02 Å². The highest BCUT2D eigenvalue weighted by Crippen LogP contribution is 2.22. The maximum atomic E-state index is 13.0. The Hall–Kier alpha value is -2.38. The third-order valence-corrected chi connectivity index (χ3v) is 5.16. The predicted molar refractivity (Wildman–Crippen MR) is 116 cm³/mol. The van der Waals surface area contributed by atoms with Gasteiger partial charge in [-0.25, -0.2) is 14.8 Å². The number of amides is 2. The molecule has 0 unspecified atom stereocenters. The standard InChI is InChI=1S/C21H29ClN6O/c1-14(2)25-20-24-12-16-9-11-28(13-19(16)26-20)21(29)27-18(8-10-23-3)15-4-6-17(22)7-5-15/h4-7,12,14,18,23H,8-11,13H2,1-3H3,(H,27,29)(H,24,25,26)/t18-/m1/s1. The topological polar surface area (TPSA) is 82.2 Å². The first-order valence-corrected chi connectivity index (χ1v) is 10.4. The summed E-state index contributed by atoms with van der Waals surface area (Å²) < 4.78 is 0. The number of aromatic nitrogens is 2. The molecule has 29 heavy (non-hydrogen) atoms. The van der Waals surface area contributed by atoms with Crippen molar-refractivity contribution in [3.8, 4) is 0 Å². The number of carbonyl (C=O) groups is 1. The van der Waals surface area contributed by atoms with Gasteiger partial charge >= 0.3 is 6.03 Å². The summed E-state index contributed by atoms with van der Waals surface area (Å²) in [6, 6.07) is 7.72. The molecule has 0 aliphatic carbocycles. The van der Waals surface area contributed by atoms with Crippen molar-refractivity contribution in [1.82, 2.24) is 25.5 Å². The van der Waals surface area contributed by atoms with Gasteiger partial charge in [0.1, 0.15) is 0 Å². The summed E-state index contributed by atoms with van der Waals surface area (Å²) in [5, 5.41) is 10.2. The number of hydrogen-bond donors (Lipinski definition) is 3. The van der Waals surface area contributed by atoms with Crippen LogP contribution in [0.3, 0.4) is 0 Å². The van der Waals surface area contributed by atoms with E-state index in [1.807, 2.05) is 56.3 Å². The number of nitrogens with one attached hydrogen (secondary N) is 3. The van der Waals surface area contributed by atoms with Crippen LogP contribution in [0.4, 0.5) is 10.7 Å². The maximum absolute atomic E-state index is 13.0. The van der Waals surface area contributed by atoms with Gasteiger partial charge in [0.15, 0.2) is 0 Å². The second kappa shape index (κ2) is 9.89. The lowest BCUT2D eigenvalue weighted by atomic mass is 10.0. The van der Waals surface area contributed by atoms with Crippen LogP contribution >= 0.6 is 11.6 Å². The van der Waals surface area contributed by atoms with Crippen LogP contribution in [0.1, 0.15) is 43.1 Å². The van der Waals surface area contributed by atoms with E-state index >= 15 is 0 Å². The Morgan fingerprint density at radius 2 is 2.03 bits per heavy atom. The Morgan fingerprint density at radius 3 is 2.72 bits per heavy atom. The zero-order valence-corrected chi connectivity index (χ0v) is 18.0. The number of hydrogen-bond acceptors (Lipinski definition) is 5. The number of fused-ring (bicyclic) bond motifs is 1. The van der Waals surface area contributed by atoms with Gasteiger partial charge in [0.05, 0.1) is 18.3 Å². The fourth-order valence-electron chi connectivity index (χ4n) is 3.35. The molecule has 1 aliphatic rings. The minimum absolute atomic E-state index is 0.0799. The lowest BCUT2D eigenvalue weighted by Crippen LogP contribution is -2.44. The highest BCUT2D eigenvalue weighted by molar-refractivity contribution is 6.30. The monoisotopic (exact) mass is 416 g/mol. The summed E-state index contributed by atoms with van der Waals surface area (Å²) in [4.78, 5) is 23.8. The van der Waals surface area contributed by atoms with E-state index in [0.717, 1.165) is 36.2 Å². The highest BCUT2D eigenvalue weighted by Gasteiger charge is 2.25. The van der Waals surface area contributed by atoms with E-state index in [9.17, 15) is 4.79 Å². The van der Waals surface area contributed by atoms with Crippen molar-refractivity contribution in [1.29, 1.82) is 0 Å².